The SMILES string of the molecule is O=C(CSC1CCCc2ccccc21)Nc1c(F)cc(F)cc1Br. The lowest BCUT2D eigenvalue weighted by Gasteiger charge is -2.24. The Bertz CT molecular complexity index is 745. The second kappa shape index (κ2) is 7.66. The highest BCUT2D eigenvalue weighted by Crippen LogP contribution is 2.39. The summed E-state index contributed by atoms with van der Waals surface area (Å²) in [5.41, 5.74) is 2.61. The van der Waals surface area contributed by atoms with Crippen LogP contribution in [-0.4, -0.2) is 11.7 Å². The molecule has 126 valence electrons. The zero-order chi connectivity index (χ0) is 17.1. The minimum atomic E-state index is -0.789. The molecule has 6 heteroatoms. The van der Waals surface area contributed by atoms with Gasteiger partial charge in [-0.3, -0.25) is 4.79 Å². The average Bonchev–Trinajstić information content (AvgIpc) is 2.56. The van der Waals surface area contributed by atoms with Crippen LogP contribution in [0.15, 0.2) is 40.9 Å². The number of amides is 1. The molecule has 1 atom stereocenters. The average molecular weight is 412 g/mol. The smallest absolute Gasteiger partial charge is 0.234 e. The van der Waals surface area contributed by atoms with Crippen molar-refractivity contribution >= 4 is 39.3 Å². The number of aryl methyl sites for hydroxylation is 1. The molecule has 0 bridgehead atoms. The predicted molar refractivity (Wildman–Crippen MR) is 97.3 cm³/mol. The molecule has 24 heavy (non-hydrogen) atoms. The van der Waals surface area contributed by atoms with Gasteiger partial charge in [0.1, 0.15) is 5.82 Å². The van der Waals surface area contributed by atoms with E-state index in [1.54, 1.807) is 11.8 Å². The van der Waals surface area contributed by atoms with E-state index in [0.717, 1.165) is 31.4 Å². The van der Waals surface area contributed by atoms with E-state index in [2.05, 4.69) is 33.4 Å². The van der Waals surface area contributed by atoms with E-state index in [1.165, 1.54) is 11.1 Å². The highest BCUT2D eigenvalue weighted by molar-refractivity contribution is 9.10. The van der Waals surface area contributed by atoms with Crippen molar-refractivity contribution in [2.45, 2.75) is 24.5 Å². The molecular formula is C18H16BrF2NOS. The Morgan fingerprint density at radius 1 is 1.29 bits per heavy atom. The van der Waals surface area contributed by atoms with Gasteiger partial charge in [0.15, 0.2) is 5.82 Å². The van der Waals surface area contributed by atoms with Crippen molar-refractivity contribution in [3.05, 3.63) is 63.6 Å². The first-order chi connectivity index (χ1) is 11.5. The highest BCUT2D eigenvalue weighted by Gasteiger charge is 2.21. The topological polar surface area (TPSA) is 29.1 Å². The van der Waals surface area contributed by atoms with E-state index in [1.807, 2.05) is 12.1 Å². The van der Waals surface area contributed by atoms with Gasteiger partial charge in [-0.1, -0.05) is 24.3 Å². The number of rotatable bonds is 4. The zero-order valence-electron chi connectivity index (χ0n) is 12.8. The molecule has 1 N–H and O–H groups in total. The molecule has 0 radical (unpaired) electrons. The van der Waals surface area contributed by atoms with Gasteiger partial charge < -0.3 is 5.32 Å². The number of nitrogens with one attached hydrogen (secondary N) is 1. The number of carbonyl (C=O) groups is 1. The molecule has 0 heterocycles. The monoisotopic (exact) mass is 411 g/mol. The fourth-order valence-electron chi connectivity index (χ4n) is 2.90. The van der Waals surface area contributed by atoms with Crippen LogP contribution in [0.2, 0.25) is 0 Å². The van der Waals surface area contributed by atoms with Crippen molar-refractivity contribution in [1.29, 1.82) is 0 Å². The molecule has 0 spiro atoms. The number of anilines is 1. The van der Waals surface area contributed by atoms with Crippen LogP contribution >= 0.6 is 27.7 Å². The molecule has 1 amide bonds. The van der Waals surface area contributed by atoms with Crippen LogP contribution in [0.5, 0.6) is 0 Å². The lowest BCUT2D eigenvalue weighted by atomic mass is 9.91. The summed E-state index contributed by atoms with van der Waals surface area (Å²) in [6.07, 6.45) is 3.21. The van der Waals surface area contributed by atoms with Crippen LogP contribution in [-0.2, 0) is 11.2 Å². The second-order valence-corrected chi connectivity index (χ2v) is 7.73. The van der Waals surface area contributed by atoms with E-state index in [4.69, 9.17) is 0 Å². The Kier molecular flexibility index (Phi) is 5.56. The van der Waals surface area contributed by atoms with E-state index in [-0.39, 0.29) is 27.1 Å². The van der Waals surface area contributed by atoms with Gasteiger partial charge in [-0.05, 0) is 52.4 Å². The Morgan fingerprint density at radius 2 is 2.08 bits per heavy atom. The molecular weight excluding hydrogens is 396 g/mol. The van der Waals surface area contributed by atoms with Gasteiger partial charge in [-0.2, -0.15) is 0 Å². The van der Waals surface area contributed by atoms with Gasteiger partial charge in [0.05, 0.1) is 11.4 Å². The van der Waals surface area contributed by atoms with E-state index in [0.29, 0.717) is 0 Å². The van der Waals surface area contributed by atoms with Crippen LogP contribution < -0.4 is 5.32 Å². The quantitative estimate of drug-likeness (QED) is 0.721. The summed E-state index contributed by atoms with van der Waals surface area (Å²) >= 11 is 4.63. The summed E-state index contributed by atoms with van der Waals surface area (Å²) < 4.78 is 27.1. The summed E-state index contributed by atoms with van der Waals surface area (Å²) in [5.74, 6) is -1.55. The molecule has 2 aromatic carbocycles. The molecule has 0 aliphatic heterocycles. The molecule has 0 fully saturated rings. The van der Waals surface area contributed by atoms with Gasteiger partial charge in [0, 0.05) is 15.8 Å². The largest absolute Gasteiger partial charge is 0.322 e. The third-order valence-electron chi connectivity index (χ3n) is 4.00. The third kappa shape index (κ3) is 3.98. The second-order valence-electron chi connectivity index (χ2n) is 5.68. The number of benzene rings is 2. The number of hydrogen-bond acceptors (Lipinski definition) is 2. The van der Waals surface area contributed by atoms with Gasteiger partial charge in [-0.15, -0.1) is 11.8 Å². The number of carbonyl (C=O) groups excluding carboxylic acids is 1. The van der Waals surface area contributed by atoms with E-state index >= 15 is 0 Å². The van der Waals surface area contributed by atoms with Crippen LogP contribution in [0.1, 0.15) is 29.2 Å². The van der Waals surface area contributed by atoms with Crippen molar-refractivity contribution in [3.8, 4) is 0 Å². The van der Waals surface area contributed by atoms with Crippen LogP contribution in [0.3, 0.4) is 0 Å². The maximum absolute atomic E-state index is 13.8. The predicted octanol–water partition coefficient (Wildman–Crippen LogP) is 5.48. The minimum Gasteiger partial charge on any atom is -0.322 e. The lowest BCUT2D eigenvalue weighted by molar-refractivity contribution is -0.113. The molecule has 3 rings (SSSR count). The first-order valence-corrected chi connectivity index (χ1v) is 9.52. The molecule has 1 aliphatic carbocycles. The summed E-state index contributed by atoms with van der Waals surface area (Å²) in [6, 6.07) is 10.2. The first-order valence-electron chi connectivity index (χ1n) is 7.68. The summed E-state index contributed by atoms with van der Waals surface area (Å²) in [7, 11) is 0. The molecule has 0 saturated carbocycles. The van der Waals surface area contributed by atoms with Gasteiger partial charge in [0.2, 0.25) is 5.91 Å². The number of halogens is 3. The summed E-state index contributed by atoms with van der Waals surface area (Å²) in [4.78, 5) is 12.1. The summed E-state index contributed by atoms with van der Waals surface area (Å²) in [5, 5.41) is 2.80. The van der Waals surface area contributed by atoms with Crippen molar-refractivity contribution in [3.63, 3.8) is 0 Å². The van der Waals surface area contributed by atoms with Crippen molar-refractivity contribution in [1.82, 2.24) is 0 Å². The molecule has 2 aromatic rings. The Hall–Kier alpha value is -1.40. The molecule has 1 unspecified atom stereocenters. The zero-order valence-corrected chi connectivity index (χ0v) is 15.2. The highest BCUT2D eigenvalue weighted by atomic mass is 79.9. The molecule has 2 nitrogen and oxygen atoms in total. The van der Waals surface area contributed by atoms with Crippen LogP contribution in [0.4, 0.5) is 14.5 Å². The molecule has 0 aromatic heterocycles. The van der Waals surface area contributed by atoms with Crippen LogP contribution in [0.25, 0.3) is 0 Å². The normalized spacial score (nSPS) is 16.5. The van der Waals surface area contributed by atoms with Crippen molar-refractivity contribution < 1.29 is 13.6 Å². The van der Waals surface area contributed by atoms with Gasteiger partial charge in [-0.25, -0.2) is 8.78 Å². The van der Waals surface area contributed by atoms with Crippen LogP contribution in [0, 0.1) is 11.6 Å². The standard InChI is InChI=1S/C18H16BrF2NOS/c19-14-8-12(20)9-15(21)18(14)22-17(23)10-24-16-7-3-5-11-4-1-2-6-13(11)16/h1-2,4,6,8-9,16H,3,5,7,10H2,(H,22,23). The summed E-state index contributed by atoms with van der Waals surface area (Å²) in [6.45, 7) is 0. The number of thioether (sulfide) groups is 1. The van der Waals surface area contributed by atoms with Crippen molar-refractivity contribution in [2.24, 2.45) is 0 Å². The fourth-order valence-corrected chi connectivity index (χ4v) is 4.57. The lowest BCUT2D eigenvalue weighted by Crippen LogP contribution is -2.17. The van der Waals surface area contributed by atoms with Crippen molar-refractivity contribution in [2.75, 3.05) is 11.1 Å². The van der Waals surface area contributed by atoms with Gasteiger partial charge >= 0.3 is 0 Å². The van der Waals surface area contributed by atoms with E-state index < -0.39 is 11.6 Å². The Balaban J connectivity index is 1.63. The molecule has 0 saturated heterocycles. The maximum atomic E-state index is 13.8. The first kappa shape index (κ1) is 17.4. The van der Waals surface area contributed by atoms with E-state index in [9.17, 15) is 13.6 Å². The Morgan fingerprint density at radius 3 is 2.88 bits per heavy atom. The fraction of sp³-hybridized carbons (Fsp3) is 0.278. The minimum absolute atomic E-state index is 0.0222. The molecule has 1 aliphatic rings. The Labute approximate surface area is 152 Å². The number of fused-ring (bicyclic) bond motifs is 1. The maximum Gasteiger partial charge on any atom is 0.234 e. The number of hydrogen-bond donors (Lipinski definition) is 1. The third-order valence-corrected chi connectivity index (χ3v) is 5.95. The van der Waals surface area contributed by atoms with Gasteiger partial charge in [0.25, 0.3) is 0 Å².